The SMILES string of the molecule is O=C(Cc1ccc(F)cc1)c1cc(Cl)ccc1Cl. The Bertz CT molecular complexity index is 579. The van der Waals surface area contributed by atoms with Gasteiger partial charge in [-0.2, -0.15) is 0 Å². The van der Waals surface area contributed by atoms with Crippen molar-refractivity contribution in [1.82, 2.24) is 0 Å². The van der Waals surface area contributed by atoms with Crippen LogP contribution in [-0.4, -0.2) is 5.78 Å². The molecule has 0 aliphatic heterocycles. The van der Waals surface area contributed by atoms with Crippen LogP contribution >= 0.6 is 23.2 Å². The van der Waals surface area contributed by atoms with Gasteiger partial charge in [0.15, 0.2) is 5.78 Å². The first-order valence-electron chi connectivity index (χ1n) is 5.29. The number of carbonyl (C=O) groups is 1. The van der Waals surface area contributed by atoms with Crippen LogP contribution in [0.4, 0.5) is 4.39 Å². The van der Waals surface area contributed by atoms with E-state index in [4.69, 9.17) is 23.2 Å². The summed E-state index contributed by atoms with van der Waals surface area (Å²) in [5.74, 6) is -0.471. The van der Waals surface area contributed by atoms with Crippen molar-refractivity contribution in [2.75, 3.05) is 0 Å². The van der Waals surface area contributed by atoms with E-state index in [1.165, 1.54) is 18.2 Å². The van der Waals surface area contributed by atoms with Crippen LogP contribution in [0.5, 0.6) is 0 Å². The molecule has 0 N–H and O–H groups in total. The third-order valence-electron chi connectivity index (χ3n) is 2.51. The first kappa shape index (κ1) is 13.1. The van der Waals surface area contributed by atoms with Crippen LogP contribution in [0.1, 0.15) is 15.9 Å². The molecule has 18 heavy (non-hydrogen) atoms. The van der Waals surface area contributed by atoms with Gasteiger partial charge in [0.05, 0.1) is 5.02 Å². The zero-order valence-corrected chi connectivity index (χ0v) is 10.8. The van der Waals surface area contributed by atoms with Crippen molar-refractivity contribution in [3.63, 3.8) is 0 Å². The number of halogens is 3. The van der Waals surface area contributed by atoms with Crippen molar-refractivity contribution in [3.05, 3.63) is 69.5 Å². The molecule has 0 unspecified atom stereocenters. The second kappa shape index (κ2) is 5.51. The van der Waals surface area contributed by atoms with Crippen molar-refractivity contribution < 1.29 is 9.18 Å². The standard InChI is InChI=1S/C14H9Cl2FO/c15-10-3-6-13(16)12(8-10)14(18)7-9-1-4-11(17)5-2-9/h1-6,8H,7H2. The predicted octanol–water partition coefficient (Wildman–Crippen LogP) is 4.56. The number of benzene rings is 2. The molecule has 0 heterocycles. The highest BCUT2D eigenvalue weighted by Gasteiger charge is 2.11. The van der Waals surface area contributed by atoms with Gasteiger partial charge in [0, 0.05) is 17.0 Å². The van der Waals surface area contributed by atoms with Gasteiger partial charge in [-0.25, -0.2) is 4.39 Å². The Morgan fingerprint density at radius 3 is 2.39 bits per heavy atom. The normalized spacial score (nSPS) is 10.4. The fourth-order valence-corrected chi connectivity index (χ4v) is 1.99. The zero-order chi connectivity index (χ0) is 13.1. The van der Waals surface area contributed by atoms with E-state index in [2.05, 4.69) is 0 Å². The number of hydrogen-bond acceptors (Lipinski definition) is 1. The molecule has 0 amide bonds. The highest BCUT2D eigenvalue weighted by atomic mass is 35.5. The summed E-state index contributed by atoms with van der Waals surface area (Å²) in [6.07, 6.45) is 0.167. The number of carbonyl (C=O) groups excluding carboxylic acids is 1. The van der Waals surface area contributed by atoms with Crippen LogP contribution in [0.15, 0.2) is 42.5 Å². The molecular weight excluding hydrogens is 274 g/mol. The van der Waals surface area contributed by atoms with Crippen LogP contribution in [0.25, 0.3) is 0 Å². The zero-order valence-electron chi connectivity index (χ0n) is 9.29. The van der Waals surface area contributed by atoms with Crippen LogP contribution in [0.3, 0.4) is 0 Å². The van der Waals surface area contributed by atoms with Gasteiger partial charge in [-0.05, 0) is 35.9 Å². The molecule has 0 spiro atoms. The molecule has 0 saturated carbocycles. The van der Waals surface area contributed by atoms with Crippen molar-refractivity contribution in [3.8, 4) is 0 Å². The van der Waals surface area contributed by atoms with Crippen molar-refractivity contribution in [1.29, 1.82) is 0 Å². The Hall–Kier alpha value is -1.38. The van der Waals surface area contributed by atoms with Gasteiger partial charge in [-0.1, -0.05) is 35.3 Å². The predicted molar refractivity (Wildman–Crippen MR) is 70.9 cm³/mol. The minimum Gasteiger partial charge on any atom is -0.294 e. The largest absolute Gasteiger partial charge is 0.294 e. The van der Waals surface area contributed by atoms with Crippen molar-refractivity contribution >= 4 is 29.0 Å². The van der Waals surface area contributed by atoms with Crippen LogP contribution in [-0.2, 0) is 6.42 Å². The van der Waals surface area contributed by atoms with Gasteiger partial charge in [0.2, 0.25) is 0 Å². The first-order chi connectivity index (χ1) is 8.56. The number of ketones is 1. The lowest BCUT2D eigenvalue weighted by atomic mass is 10.0. The van der Waals surface area contributed by atoms with E-state index >= 15 is 0 Å². The van der Waals surface area contributed by atoms with E-state index in [1.54, 1.807) is 24.3 Å². The Balaban J connectivity index is 2.21. The molecule has 1 nitrogen and oxygen atoms in total. The summed E-state index contributed by atoms with van der Waals surface area (Å²) in [6.45, 7) is 0. The Morgan fingerprint density at radius 2 is 1.72 bits per heavy atom. The minimum atomic E-state index is -0.327. The second-order valence-corrected chi connectivity index (χ2v) is 4.69. The Kier molecular flexibility index (Phi) is 4.00. The fourth-order valence-electron chi connectivity index (χ4n) is 1.59. The Labute approximate surface area is 114 Å². The molecule has 2 aromatic carbocycles. The highest BCUT2D eigenvalue weighted by Crippen LogP contribution is 2.22. The lowest BCUT2D eigenvalue weighted by Crippen LogP contribution is -2.04. The van der Waals surface area contributed by atoms with E-state index in [9.17, 15) is 9.18 Å². The van der Waals surface area contributed by atoms with E-state index in [1.807, 2.05) is 0 Å². The van der Waals surface area contributed by atoms with E-state index < -0.39 is 0 Å². The van der Waals surface area contributed by atoms with Crippen LogP contribution < -0.4 is 0 Å². The summed E-state index contributed by atoms with van der Waals surface area (Å²) < 4.78 is 12.7. The summed E-state index contributed by atoms with van der Waals surface area (Å²) >= 11 is 11.8. The molecule has 92 valence electrons. The first-order valence-corrected chi connectivity index (χ1v) is 6.04. The maximum Gasteiger partial charge on any atom is 0.168 e. The lowest BCUT2D eigenvalue weighted by molar-refractivity contribution is 0.0993. The van der Waals surface area contributed by atoms with E-state index in [0.717, 1.165) is 5.56 Å². The van der Waals surface area contributed by atoms with Gasteiger partial charge in [-0.15, -0.1) is 0 Å². The minimum absolute atomic E-state index is 0.144. The summed E-state index contributed by atoms with van der Waals surface area (Å²) in [7, 11) is 0. The summed E-state index contributed by atoms with van der Waals surface area (Å²) in [6, 6.07) is 10.5. The number of Topliss-reactive ketones (excluding diaryl/α,β-unsaturated/α-hetero) is 1. The molecule has 4 heteroatoms. The van der Waals surface area contributed by atoms with Gasteiger partial charge < -0.3 is 0 Å². The van der Waals surface area contributed by atoms with E-state index in [0.29, 0.717) is 15.6 Å². The maximum absolute atomic E-state index is 12.7. The molecule has 0 aliphatic carbocycles. The highest BCUT2D eigenvalue weighted by molar-refractivity contribution is 6.35. The molecule has 0 atom stereocenters. The molecule has 0 fully saturated rings. The fraction of sp³-hybridized carbons (Fsp3) is 0.0714. The van der Waals surface area contributed by atoms with Crippen molar-refractivity contribution in [2.24, 2.45) is 0 Å². The quantitative estimate of drug-likeness (QED) is 0.755. The third-order valence-corrected chi connectivity index (χ3v) is 3.07. The molecule has 0 saturated heterocycles. The van der Waals surface area contributed by atoms with E-state index in [-0.39, 0.29) is 18.0 Å². The molecule has 2 rings (SSSR count). The van der Waals surface area contributed by atoms with Crippen LogP contribution in [0.2, 0.25) is 10.0 Å². The van der Waals surface area contributed by atoms with Gasteiger partial charge in [0.1, 0.15) is 5.82 Å². The number of rotatable bonds is 3. The van der Waals surface area contributed by atoms with Crippen molar-refractivity contribution in [2.45, 2.75) is 6.42 Å². The summed E-state index contributed by atoms with van der Waals surface area (Å²) in [5, 5.41) is 0.827. The maximum atomic E-state index is 12.7. The topological polar surface area (TPSA) is 17.1 Å². The summed E-state index contributed by atoms with van der Waals surface area (Å²) in [5.41, 5.74) is 1.12. The Morgan fingerprint density at radius 1 is 1.06 bits per heavy atom. The molecule has 0 aromatic heterocycles. The third kappa shape index (κ3) is 3.09. The molecular formula is C14H9Cl2FO. The van der Waals surface area contributed by atoms with Gasteiger partial charge >= 0.3 is 0 Å². The number of hydrogen-bond donors (Lipinski definition) is 0. The van der Waals surface area contributed by atoms with Gasteiger partial charge in [-0.3, -0.25) is 4.79 Å². The molecule has 2 aromatic rings. The average Bonchev–Trinajstić information content (AvgIpc) is 2.35. The molecule has 0 aliphatic rings. The lowest BCUT2D eigenvalue weighted by Gasteiger charge is -2.04. The van der Waals surface area contributed by atoms with Gasteiger partial charge in [0.25, 0.3) is 0 Å². The average molecular weight is 283 g/mol. The van der Waals surface area contributed by atoms with Crippen LogP contribution in [0, 0.1) is 5.82 Å². The smallest absolute Gasteiger partial charge is 0.168 e. The monoisotopic (exact) mass is 282 g/mol. The second-order valence-electron chi connectivity index (χ2n) is 3.85. The molecule has 0 bridgehead atoms. The summed E-state index contributed by atoms with van der Waals surface area (Å²) in [4.78, 5) is 12.0. The molecule has 0 radical (unpaired) electrons.